The Kier molecular flexibility index (Phi) is 4.76. The number of nitrogens with zero attached hydrogens (tertiary/aromatic N) is 6. The van der Waals surface area contributed by atoms with Crippen LogP contribution in [0.15, 0.2) is 30.7 Å². The first-order chi connectivity index (χ1) is 13.2. The molecular formula is C18H23N7O2. The van der Waals surface area contributed by atoms with Crippen molar-refractivity contribution >= 4 is 17.5 Å². The molecule has 2 N–H and O–H groups in total. The summed E-state index contributed by atoms with van der Waals surface area (Å²) < 4.78 is 2.47. The van der Waals surface area contributed by atoms with Crippen LogP contribution in [-0.2, 0) is 13.0 Å². The van der Waals surface area contributed by atoms with Gasteiger partial charge in [0.05, 0.1) is 18.8 Å². The van der Waals surface area contributed by atoms with Crippen LogP contribution in [0.2, 0.25) is 0 Å². The van der Waals surface area contributed by atoms with E-state index in [0.717, 1.165) is 47.3 Å². The van der Waals surface area contributed by atoms with Gasteiger partial charge in [0.2, 0.25) is 11.9 Å². The Morgan fingerprint density at radius 1 is 1.41 bits per heavy atom. The predicted molar refractivity (Wildman–Crippen MR) is 100 cm³/mol. The number of nitrogens with one attached hydrogen (secondary N) is 1. The summed E-state index contributed by atoms with van der Waals surface area (Å²) >= 11 is 0. The predicted octanol–water partition coefficient (Wildman–Crippen LogP) is 0.893. The van der Waals surface area contributed by atoms with Crippen molar-refractivity contribution in [2.45, 2.75) is 38.8 Å². The fourth-order valence-electron chi connectivity index (χ4n) is 3.48. The molecule has 0 aliphatic carbocycles. The van der Waals surface area contributed by atoms with Gasteiger partial charge in [-0.3, -0.25) is 0 Å². The first-order valence-electron chi connectivity index (χ1n) is 9.23. The lowest BCUT2D eigenvalue weighted by molar-refractivity contribution is -0.605. The maximum atomic E-state index is 11.5. The third-order valence-corrected chi connectivity index (χ3v) is 4.94. The summed E-state index contributed by atoms with van der Waals surface area (Å²) in [5.41, 5.74) is 2.65. The van der Waals surface area contributed by atoms with Crippen molar-refractivity contribution in [3.63, 3.8) is 0 Å². The SMILES string of the molecule is CCc1cnn2c(NCc3ccc[n+]([O-])c3)nc(N3CCC[C@@H]3CO)nc12. The second-order valence-electron chi connectivity index (χ2n) is 6.70. The van der Waals surface area contributed by atoms with Crippen molar-refractivity contribution in [3.8, 4) is 0 Å². The lowest BCUT2D eigenvalue weighted by Gasteiger charge is -2.23. The van der Waals surface area contributed by atoms with Crippen molar-refractivity contribution in [1.29, 1.82) is 0 Å². The van der Waals surface area contributed by atoms with Crippen LogP contribution >= 0.6 is 0 Å². The molecule has 0 saturated carbocycles. The van der Waals surface area contributed by atoms with Gasteiger partial charge in [0.1, 0.15) is 0 Å². The second kappa shape index (κ2) is 7.36. The number of fused-ring (bicyclic) bond motifs is 1. The lowest BCUT2D eigenvalue weighted by atomic mass is 10.2. The molecule has 1 atom stereocenters. The van der Waals surface area contributed by atoms with Crippen LogP contribution in [0.1, 0.15) is 30.9 Å². The van der Waals surface area contributed by atoms with Gasteiger partial charge in [0, 0.05) is 30.3 Å². The highest BCUT2D eigenvalue weighted by molar-refractivity contribution is 5.55. The smallest absolute Gasteiger partial charge is 0.231 e. The first-order valence-corrected chi connectivity index (χ1v) is 9.23. The van der Waals surface area contributed by atoms with E-state index in [1.165, 1.54) is 12.4 Å². The molecule has 1 aliphatic rings. The Morgan fingerprint density at radius 2 is 2.30 bits per heavy atom. The number of hydrogen-bond acceptors (Lipinski definition) is 7. The van der Waals surface area contributed by atoms with Gasteiger partial charge in [-0.05, 0) is 25.3 Å². The molecule has 1 saturated heterocycles. The average Bonchev–Trinajstić information content (AvgIpc) is 3.32. The van der Waals surface area contributed by atoms with Gasteiger partial charge in [0.15, 0.2) is 18.0 Å². The highest BCUT2D eigenvalue weighted by Gasteiger charge is 2.27. The van der Waals surface area contributed by atoms with Gasteiger partial charge in [-0.1, -0.05) is 6.92 Å². The van der Waals surface area contributed by atoms with Crippen molar-refractivity contribution in [2.24, 2.45) is 0 Å². The topological polar surface area (TPSA) is 106 Å². The molecule has 4 heterocycles. The first kappa shape index (κ1) is 17.5. The van der Waals surface area contributed by atoms with E-state index in [1.807, 2.05) is 6.07 Å². The Labute approximate surface area is 156 Å². The minimum Gasteiger partial charge on any atom is -0.619 e. The molecule has 27 heavy (non-hydrogen) atoms. The van der Waals surface area contributed by atoms with Crippen LogP contribution in [0, 0.1) is 5.21 Å². The van der Waals surface area contributed by atoms with Crippen molar-refractivity contribution < 1.29 is 9.84 Å². The summed E-state index contributed by atoms with van der Waals surface area (Å²) in [7, 11) is 0. The van der Waals surface area contributed by atoms with E-state index in [0.29, 0.717) is 18.4 Å². The molecule has 9 heteroatoms. The van der Waals surface area contributed by atoms with Crippen LogP contribution in [0.3, 0.4) is 0 Å². The molecule has 1 fully saturated rings. The van der Waals surface area contributed by atoms with Crippen LogP contribution in [0.4, 0.5) is 11.9 Å². The number of pyridine rings is 1. The molecule has 3 aromatic heterocycles. The highest BCUT2D eigenvalue weighted by Crippen LogP contribution is 2.25. The van der Waals surface area contributed by atoms with Gasteiger partial charge in [0.25, 0.3) is 0 Å². The molecule has 0 aromatic carbocycles. The number of aryl methyl sites for hydroxylation is 1. The average molecular weight is 369 g/mol. The molecule has 0 unspecified atom stereocenters. The molecule has 0 spiro atoms. The van der Waals surface area contributed by atoms with Gasteiger partial charge >= 0.3 is 0 Å². The largest absolute Gasteiger partial charge is 0.619 e. The molecule has 4 rings (SSSR count). The van der Waals surface area contributed by atoms with E-state index in [-0.39, 0.29) is 12.6 Å². The summed E-state index contributed by atoms with van der Waals surface area (Å²) in [4.78, 5) is 11.5. The van der Waals surface area contributed by atoms with Gasteiger partial charge in [-0.25, -0.2) is 0 Å². The number of rotatable bonds is 6. The van der Waals surface area contributed by atoms with Gasteiger partial charge in [-0.15, -0.1) is 0 Å². The number of hydrogen-bond donors (Lipinski definition) is 2. The summed E-state index contributed by atoms with van der Waals surface area (Å²) in [5, 5.41) is 28.8. The van der Waals surface area contributed by atoms with Crippen molar-refractivity contribution in [3.05, 3.63) is 47.1 Å². The minimum atomic E-state index is 0.0434. The van der Waals surface area contributed by atoms with E-state index in [4.69, 9.17) is 4.98 Å². The molecule has 0 amide bonds. The maximum absolute atomic E-state index is 11.5. The number of anilines is 2. The zero-order valence-corrected chi connectivity index (χ0v) is 15.2. The molecular weight excluding hydrogens is 346 g/mol. The second-order valence-corrected chi connectivity index (χ2v) is 6.70. The molecule has 0 bridgehead atoms. The molecule has 1 aliphatic heterocycles. The zero-order chi connectivity index (χ0) is 18.8. The molecule has 3 aromatic rings. The quantitative estimate of drug-likeness (QED) is 0.491. The van der Waals surface area contributed by atoms with E-state index < -0.39 is 0 Å². The number of aliphatic hydroxyl groups excluding tert-OH is 1. The van der Waals surface area contributed by atoms with E-state index in [2.05, 4.69) is 27.2 Å². The molecule has 142 valence electrons. The van der Waals surface area contributed by atoms with Crippen LogP contribution in [-0.4, -0.2) is 43.9 Å². The fraction of sp³-hybridized carbons (Fsp3) is 0.444. The third kappa shape index (κ3) is 3.37. The summed E-state index contributed by atoms with van der Waals surface area (Å²) in [5.74, 6) is 1.17. The Bertz CT molecular complexity index is 943. The van der Waals surface area contributed by atoms with Gasteiger partial charge in [-0.2, -0.15) is 24.3 Å². The zero-order valence-electron chi connectivity index (χ0n) is 15.2. The van der Waals surface area contributed by atoms with E-state index in [1.54, 1.807) is 16.8 Å². The van der Waals surface area contributed by atoms with Gasteiger partial charge < -0.3 is 20.5 Å². The third-order valence-electron chi connectivity index (χ3n) is 4.94. The van der Waals surface area contributed by atoms with Crippen molar-refractivity contribution in [2.75, 3.05) is 23.4 Å². The summed E-state index contributed by atoms with van der Waals surface area (Å²) in [6.07, 6.45) is 7.54. The summed E-state index contributed by atoms with van der Waals surface area (Å²) in [6.45, 7) is 3.42. The van der Waals surface area contributed by atoms with Crippen LogP contribution < -0.4 is 14.9 Å². The Hall–Kier alpha value is -2.94. The number of aliphatic hydroxyl groups is 1. The maximum Gasteiger partial charge on any atom is 0.231 e. The minimum absolute atomic E-state index is 0.0434. The lowest BCUT2D eigenvalue weighted by Crippen LogP contribution is -2.34. The molecule has 0 radical (unpaired) electrons. The van der Waals surface area contributed by atoms with Crippen molar-refractivity contribution in [1.82, 2.24) is 19.6 Å². The Balaban J connectivity index is 1.70. The molecule has 9 nitrogen and oxygen atoms in total. The monoisotopic (exact) mass is 369 g/mol. The fourth-order valence-corrected chi connectivity index (χ4v) is 3.48. The summed E-state index contributed by atoms with van der Waals surface area (Å²) in [6, 6.07) is 3.63. The van der Waals surface area contributed by atoms with Crippen LogP contribution in [0.25, 0.3) is 5.65 Å². The number of aromatic nitrogens is 5. The Morgan fingerprint density at radius 3 is 3.07 bits per heavy atom. The highest BCUT2D eigenvalue weighted by atomic mass is 16.5. The standard InChI is InChI=1S/C18H23N7O2/c1-2-14-10-20-25-16(14)21-18(24-8-4-6-15(24)12-26)22-17(25)19-9-13-5-3-7-23(27)11-13/h3,5,7,10-11,15,26H,2,4,6,8-9,12H2,1H3,(H,19,21,22)/t15-/m1/s1. The van der Waals surface area contributed by atoms with E-state index >= 15 is 0 Å². The normalized spacial score (nSPS) is 17.0. The van der Waals surface area contributed by atoms with E-state index in [9.17, 15) is 10.3 Å². The van der Waals surface area contributed by atoms with Crippen LogP contribution in [0.5, 0.6) is 0 Å².